The number of carbonyl (C=O) groups is 3. The summed E-state index contributed by atoms with van der Waals surface area (Å²) in [5.74, 6) is -0.574. The third-order valence-electron chi connectivity index (χ3n) is 9.35. The first-order chi connectivity index (χ1) is 28.2. The number of nitrogens with zero attached hydrogens (tertiary/aromatic N) is 1. The van der Waals surface area contributed by atoms with Crippen LogP contribution in [0.4, 0.5) is 5.69 Å². The predicted octanol–water partition coefficient (Wildman–Crippen LogP) is 8.42. The van der Waals surface area contributed by atoms with Crippen LogP contribution in [0.5, 0.6) is 11.5 Å². The Labute approximate surface area is 340 Å². The normalized spacial score (nSPS) is 13.6. The molecule has 0 fully saturated rings. The van der Waals surface area contributed by atoms with E-state index in [1.807, 2.05) is 72.8 Å². The van der Waals surface area contributed by atoms with E-state index in [-0.39, 0.29) is 43.5 Å². The van der Waals surface area contributed by atoms with Crippen LogP contribution in [0.3, 0.4) is 0 Å². The van der Waals surface area contributed by atoms with Gasteiger partial charge in [-0.25, -0.2) is 4.57 Å². The summed E-state index contributed by atoms with van der Waals surface area (Å²) < 4.78 is 28.3. The van der Waals surface area contributed by atoms with Crippen LogP contribution >= 0.6 is 19.6 Å². The van der Waals surface area contributed by atoms with Crippen LogP contribution < -0.4 is 24.8 Å². The van der Waals surface area contributed by atoms with Gasteiger partial charge in [0, 0.05) is 22.8 Å². The molecule has 13 heteroatoms. The van der Waals surface area contributed by atoms with Gasteiger partial charge in [0.1, 0.15) is 23.7 Å². The number of hydrogen-bond donors (Lipinski definition) is 3. The Morgan fingerprint density at radius 2 is 1.45 bits per heavy atom. The van der Waals surface area contributed by atoms with Crippen molar-refractivity contribution in [2.45, 2.75) is 30.9 Å². The fourth-order valence-corrected chi connectivity index (χ4v) is 8.29. The number of hydrogen-bond acceptors (Lipinski definition) is 8. The number of thioether (sulfide) groups is 1. The molecule has 1 heterocycles. The van der Waals surface area contributed by atoms with E-state index in [0.29, 0.717) is 28.3 Å². The van der Waals surface area contributed by atoms with Crippen molar-refractivity contribution in [1.29, 1.82) is 0 Å². The van der Waals surface area contributed by atoms with Crippen molar-refractivity contribution in [2.24, 2.45) is 0 Å². The fraction of sp³-hybridized carbons (Fsp3) is 0.133. The quantitative estimate of drug-likeness (QED) is 0.0871. The zero-order chi connectivity index (χ0) is 40.5. The molecule has 1 aliphatic heterocycles. The topological polar surface area (TPSA) is 144 Å². The molecule has 58 heavy (non-hydrogen) atoms. The molecule has 11 nitrogen and oxygen atoms in total. The highest BCUT2D eigenvalue weighted by molar-refractivity contribution is 8.08. The third-order valence-corrected chi connectivity index (χ3v) is 11.5. The Bertz CT molecular complexity index is 2510. The Morgan fingerprint density at radius 1 is 0.759 bits per heavy atom. The number of para-hydroxylation sites is 1. The van der Waals surface area contributed by atoms with Crippen LogP contribution in [0.15, 0.2) is 156 Å². The lowest BCUT2D eigenvalue weighted by Crippen LogP contribution is -2.44. The van der Waals surface area contributed by atoms with Crippen LogP contribution in [0.1, 0.15) is 28.7 Å². The third kappa shape index (κ3) is 10.0. The van der Waals surface area contributed by atoms with Crippen LogP contribution in [0, 0.1) is 0 Å². The van der Waals surface area contributed by atoms with E-state index in [9.17, 15) is 23.8 Å². The van der Waals surface area contributed by atoms with E-state index in [1.165, 1.54) is 28.8 Å². The highest BCUT2D eigenvalue weighted by Gasteiger charge is 2.33. The number of carbonyl (C=O) groups excluding carboxylic acids is 3. The summed E-state index contributed by atoms with van der Waals surface area (Å²) in [4.78, 5) is 54.8. The highest BCUT2D eigenvalue weighted by Crippen LogP contribution is 2.46. The molecule has 3 amide bonds. The van der Waals surface area contributed by atoms with E-state index >= 15 is 0 Å². The maximum atomic E-state index is 14.7. The van der Waals surface area contributed by atoms with Gasteiger partial charge < -0.3 is 19.9 Å². The number of aryl methyl sites for hydroxylation is 1. The number of nitrogens with one attached hydrogen (secondary N) is 2. The number of phosphoric ester groups is 1. The second kappa shape index (κ2) is 18.4. The first-order valence-electron chi connectivity index (χ1n) is 18.5. The lowest BCUT2D eigenvalue weighted by molar-refractivity contribution is -0.124. The van der Waals surface area contributed by atoms with Gasteiger partial charge in [0.2, 0.25) is 11.8 Å². The molecule has 1 atom stereocenters. The number of benzene rings is 6. The molecular weight excluding hydrogens is 774 g/mol. The lowest BCUT2D eigenvalue weighted by atomic mass is 10.0. The Kier molecular flexibility index (Phi) is 12.7. The number of amides is 3. The molecule has 3 N–H and O–H groups in total. The first-order valence-corrected chi connectivity index (χ1v) is 20.8. The average Bonchev–Trinajstić information content (AvgIpc) is 3.35. The van der Waals surface area contributed by atoms with Crippen molar-refractivity contribution >= 4 is 58.7 Å². The predicted molar refractivity (Wildman–Crippen MR) is 225 cm³/mol. The maximum Gasteiger partial charge on any atom is 0.527 e. The Balaban J connectivity index is 1.07. The van der Waals surface area contributed by atoms with E-state index in [4.69, 9.17) is 13.8 Å². The number of phosphoric acid groups is 1. The first kappa shape index (κ1) is 40.0. The minimum absolute atomic E-state index is 0.00862. The molecule has 7 rings (SSSR count). The number of ether oxygens (including phenoxy) is 1. The Morgan fingerprint density at radius 3 is 2.22 bits per heavy atom. The van der Waals surface area contributed by atoms with Crippen molar-refractivity contribution in [3.05, 3.63) is 174 Å². The van der Waals surface area contributed by atoms with Crippen molar-refractivity contribution in [3.8, 4) is 11.5 Å². The second-order valence-electron chi connectivity index (χ2n) is 13.3. The highest BCUT2D eigenvalue weighted by atomic mass is 32.2. The van der Waals surface area contributed by atoms with Crippen molar-refractivity contribution in [1.82, 2.24) is 10.6 Å². The van der Waals surface area contributed by atoms with E-state index < -0.39 is 19.6 Å². The van der Waals surface area contributed by atoms with Gasteiger partial charge in [-0.3, -0.25) is 28.7 Å². The maximum absolute atomic E-state index is 14.7. The minimum atomic E-state index is -4.39. The standard InChI is InChI=1S/C45H40N3O8PS/c1-54-36-25-21-34(22-26-36)44-43(47-41(49)27-20-31-18-23-37(24-19-31)56-57(52,53)55-30-32-10-3-2-4-11-32)45(51)48(39-16-7-8-17-40(39)58-44)29-42(50)46-28-35-14-9-13-33-12-5-6-15-38(33)35/h2-19,21-26H,20,27-30H2,1H3,(H,46,50)(H,47,49)(H,52,53). The summed E-state index contributed by atoms with van der Waals surface area (Å²) in [5.41, 5.74) is 3.67. The van der Waals surface area contributed by atoms with E-state index in [1.54, 1.807) is 67.8 Å². The summed E-state index contributed by atoms with van der Waals surface area (Å²) in [6.07, 6.45) is 0.301. The molecule has 0 aromatic heterocycles. The second-order valence-corrected chi connectivity index (χ2v) is 15.7. The van der Waals surface area contributed by atoms with E-state index in [2.05, 4.69) is 10.6 Å². The van der Waals surface area contributed by atoms with E-state index in [0.717, 1.165) is 32.4 Å². The molecule has 0 spiro atoms. The molecule has 0 saturated heterocycles. The number of anilines is 1. The van der Waals surface area contributed by atoms with Crippen LogP contribution in [-0.4, -0.2) is 36.3 Å². The van der Waals surface area contributed by atoms with Gasteiger partial charge >= 0.3 is 7.82 Å². The molecule has 1 aliphatic rings. The molecule has 6 aromatic carbocycles. The summed E-state index contributed by atoms with van der Waals surface area (Å²) in [7, 11) is -2.83. The lowest BCUT2D eigenvalue weighted by Gasteiger charge is -2.23. The van der Waals surface area contributed by atoms with Crippen LogP contribution in [-0.2, 0) is 43.0 Å². The SMILES string of the molecule is COc1ccc(C2=C(NC(=O)CCc3ccc(OP(=O)(O)OCc4ccccc4)cc3)C(=O)N(CC(=O)NCc3cccc4ccccc34)c3ccccc3S2)cc1. The smallest absolute Gasteiger partial charge is 0.497 e. The number of rotatable bonds is 15. The number of methoxy groups -OCH3 is 1. The molecule has 0 bridgehead atoms. The van der Waals surface area contributed by atoms with Crippen molar-refractivity contribution in [2.75, 3.05) is 18.6 Å². The van der Waals surface area contributed by atoms with Gasteiger partial charge in [-0.1, -0.05) is 121 Å². The van der Waals surface area contributed by atoms with Gasteiger partial charge in [-0.2, -0.15) is 0 Å². The van der Waals surface area contributed by atoms with Gasteiger partial charge in [0.15, 0.2) is 0 Å². The molecule has 294 valence electrons. The van der Waals surface area contributed by atoms with Gasteiger partial charge in [-0.15, -0.1) is 0 Å². The van der Waals surface area contributed by atoms with Gasteiger partial charge in [0.05, 0.1) is 19.4 Å². The average molecular weight is 814 g/mol. The molecular formula is C45H40N3O8PS. The summed E-state index contributed by atoms with van der Waals surface area (Å²) in [6.45, 7) is -0.116. The molecule has 0 radical (unpaired) electrons. The zero-order valence-electron chi connectivity index (χ0n) is 31.5. The van der Waals surface area contributed by atoms with Gasteiger partial charge in [0.25, 0.3) is 5.91 Å². The zero-order valence-corrected chi connectivity index (χ0v) is 33.2. The largest absolute Gasteiger partial charge is 0.527 e. The Hall–Kier alpha value is -6.17. The van der Waals surface area contributed by atoms with Crippen molar-refractivity contribution in [3.63, 3.8) is 0 Å². The summed E-state index contributed by atoms with van der Waals surface area (Å²) in [6, 6.07) is 43.8. The molecule has 0 aliphatic carbocycles. The summed E-state index contributed by atoms with van der Waals surface area (Å²) in [5, 5.41) is 7.97. The number of fused-ring (bicyclic) bond motifs is 2. The summed E-state index contributed by atoms with van der Waals surface area (Å²) >= 11 is 1.33. The molecule has 0 saturated carbocycles. The van der Waals surface area contributed by atoms with Gasteiger partial charge in [-0.05, 0) is 75.8 Å². The van der Waals surface area contributed by atoms with Crippen LogP contribution in [0.2, 0.25) is 0 Å². The van der Waals surface area contributed by atoms with Crippen LogP contribution in [0.25, 0.3) is 15.7 Å². The monoisotopic (exact) mass is 813 g/mol. The molecule has 6 aromatic rings. The fourth-order valence-electron chi connectivity index (χ4n) is 6.39. The minimum Gasteiger partial charge on any atom is -0.497 e. The molecule has 1 unspecified atom stereocenters. The van der Waals surface area contributed by atoms with Crippen molar-refractivity contribution < 1.29 is 37.6 Å².